The molecule has 0 radical (unpaired) electrons. The van der Waals surface area contributed by atoms with Gasteiger partial charge in [0.25, 0.3) is 0 Å². The summed E-state index contributed by atoms with van der Waals surface area (Å²) >= 11 is 3.53. The van der Waals surface area contributed by atoms with Crippen LogP contribution in [0.25, 0.3) is 0 Å². The van der Waals surface area contributed by atoms with Gasteiger partial charge < -0.3 is 5.11 Å². The summed E-state index contributed by atoms with van der Waals surface area (Å²) in [6.45, 7) is 8.25. The number of rotatable bonds is 1. The fraction of sp³-hybridized carbons (Fsp3) is 0.667. The average Bonchev–Trinajstić information content (AvgIpc) is 1.96. The highest BCUT2D eigenvalue weighted by molar-refractivity contribution is 7.79. The van der Waals surface area contributed by atoms with Crippen molar-refractivity contribution in [2.75, 3.05) is 12.9 Å². The van der Waals surface area contributed by atoms with Crippen molar-refractivity contribution in [2.24, 2.45) is 0 Å². The van der Waals surface area contributed by atoms with Crippen molar-refractivity contribution in [3.63, 3.8) is 0 Å². The van der Waals surface area contributed by atoms with Gasteiger partial charge in [0.2, 0.25) is 0 Å². The number of aliphatic hydroxyl groups is 1. The van der Waals surface area contributed by atoms with Crippen LogP contribution in [0.4, 0.5) is 0 Å². The van der Waals surface area contributed by atoms with E-state index in [0.717, 1.165) is 6.42 Å². The molecule has 0 rings (SSSR count). The van der Waals surface area contributed by atoms with Crippen LogP contribution in [-0.2, 0) is 0 Å². The SMILES string of the molecule is C=C.CCCO.CS. The monoisotopic (exact) mass is 136 g/mol. The summed E-state index contributed by atoms with van der Waals surface area (Å²) in [6.07, 6.45) is 2.57. The third-order valence-corrected chi connectivity index (χ3v) is 0.224. The van der Waals surface area contributed by atoms with Gasteiger partial charge in [0.15, 0.2) is 0 Å². The van der Waals surface area contributed by atoms with Crippen molar-refractivity contribution in [1.82, 2.24) is 0 Å². The maximum absolute atomic E-state index is 7.88. The van der Waals surface area contributed by atoms with Gasteiger partial charge in [-0.1, -0.05) is 6.92 Å². The van der Waals surface area contributed by atoms with Crippen molar-refractivity contribution in [3.8, 4) is 0 Å². The Balaban J connectivity index is -0.0000000542. The highest BCUT2D eigenvalue weighted by Gasteiger charge is 1.57. The molecule has 0 heterocycles. The van der Waals surface area contributed by atoms with Gasteiger partial charge in [-0.3, -0.25) is 0 Å². The quantitative estimate of drug-likeness (QED) is 0.415. The predicted octanol–water partition coefficient (Wildman–Crippen LogP) is 1.74. The van der Waals surface area contributed by atoms with Crippen LogP contribution in [0, 0.1) is 0 Å². The molecule has 0 aromatic heterocycles. The molecule has 0 aromatic carbocycles. The zero-order valence-corrected chi connectivity index (χ0v) is 6.62. The van der Waals surface area contributed by atoms with Crippen molar-refractivity contribution in [2.45, 2.75) is 13.3 Å². The van der Waals surface area contributed by atoms with Gasteiger partial charge in [0.1, 0.15) is 0 Å². The molecule has 0 atom stereocenters. The van der Waals surface area contributed by atoms with E-state index in [2.05, 4.69) is 25.8 Å². The number of hydrogen-bond acceptors (Lipinski definition) is 2. The van der Waals surface area contributed by atoms with Gasteiger partial charge in [-0.05, 0) is 12.7 Å². The summed E-state index contributed by atoms with van der Waals surface area (Å²) in [5.41, 5.74) is 0. The van der Waals surface area contributed by atoms with E-state index in [4.69, 9.17) is 5.11 Å². The summed E-state index contributed by atoms with van der Waals surface area (Å²) in [6, 6.07) is 0. The zero-order valence-electron chi connectivity index (χ0n) is 5.72. The van der Waals surface area contributed by atoms with Crippen LogP contribution < -0.4 is 0 Å². The lowest BCUT2D eigenvalue weighted by Gasteiger charge is -1.69. The molecule has 1 N–H and O–H groups in total. The minimum absolute atomic E-state index is 0.319. The highest BCUT2D eigenvalue weighted by atomic mass is 32.1. The molecule has 1 nitrogen and oxygen atoms in total. The first kappa shape index (κ1) is 15.7. The Labute approximate surface area is 57.8 Å². The largest absolute Gasteiger partial charge is 0.396 e. The number of hydrogen-bond donors (Lipinski definition) is 2. The van der Waals surface area contributed by atoms with Crippen LogP contribution in [0.15, 0.2) is 13.2 Å². The first-order chi connectivity index (χ1) is 3.91. The fourth-order valence-corrected chi connectivity index (χ4v) is 0. The van der Waals surface area contributed by atoms with Gasteiger partial charge in [-0.2, -0.15) is 12.6 Å². The topological polar surface area (TPSA) is 20.2 Å². The van der Waals surface area contributed by atoms with Crippen LogP contribution in [0.5, 0.6) is 0 Å². The van der Waals surface area contributed by atoms with E-state index in [1.807, 2.05) is 6.92 Å². The summed E-state index contributed by atoms with van der Waals surface area (Å²) < 4.78 is 0. The number of thiol groups is 1. The molecule has 0 unspecified atom stereocenters. The fourth-order valence-electron chi connectivity index (χ4n) is 0. The molecule has 0 saturated heterocycles. The van der Waals surface area contributed by atoms with Gasteiger partial charge in [-0.25, -0.2) is 0 Å². The van der Waals surface area contributed by atoms with E-state index in [-0.39, 0.29) is 0 Å². The first-order valence-corrected chi connectivity index (χ1v) is 3.36. The molecule has 0 aromatic rings. The zero-order chi connectivity index (χ0) is 7.41. The molecule has 0 aliphatic rings. The molecule has 52 valence electrons. The highest BCUT2D eigenvalue weighted by Crippen LogP contribution is 1.61. The Morgan fingerprint density at radius 1 is 1.38 bits per heavy atom. The summed E-state index contributed by atoms with van der Waals surface area (Å²) in [5.74, 6) is 0. The standard InChI is InChI=1S/C3H8O.C2H4.CH4S/c1-2-3-4;2*1-2/h4H,2-3H2,1H3;1-2H2;2H,1H3. The second kappa shape index (κ2) is 61.4. The molecule has 8 heavy (non-hydrogen) atoms. The van der Waals surface area contributed by atoms with Crippen LogP contribution in [0.3, 0.4) is 0 Å². The van der Waals surface area contributed by atoms with E-state index < -0.39 is 0 Å². The Morgan fingerprint density at radius 2 is 1.50 bits per heavy atom. The maximum Gasteiger partial charge on any atom is 0.0428 e. The molecular weight excluding hydrogens is 120 g/mol. The van der Waals surface area contributed by atoms with Crippen molar-refractivity contribution in [3.05, 3.63) is 13.2 Å². The van der Waals surface area contributed by atoms with E-state index in [1.165, 1.54) is 0 Å². The lowest BCUT2D eigenvalue weighted by atomic mass is 10.5. The Kier molecular flexibility index (Phi) is 120. The van der Waals surface area contributed by atoms with Crippen molar-refractivity contribution >= 4 is 12.6 Å². The van der Waals surface area contributed by atoms with Gasteiger partial charge in [-0.15, -0.1) is 13.2 Å². The van der Waals surface area contributed by atoms with Crippen LogP contribution in [0.2, 0.25) is 0 Å². The van der Waals surface area contributed by atoms with Crippen molar-refractivity contribution < 1.29 is 5.11 Å². The van der Waals surface area contributed by atoms with Gasteiger partial charge >= 0.3 is 0 Å². The van der Waals surface area contributed by atoms with Crippen molar-refractivity contribution in [1.29, 1.82) is 0 Å². The minimum Gasteiger partial charge on any atom is -0.396 e. The predicted molar refractivity (Wildman–Crippen MR) is 43.5 cm³/mol. The minimum atomic E-state index is 0.319. The lowest BCUT2D eigenvalue weighted by Crippen LogP contribution is -1.69. The lowest BCUT2D eigenvalue weighted by molar-refractivity contribution is 0.295. The Morgan fingerprint density at radius 3 is 1.50 bits per heavy atom. The summed E-state index contributed by atoms with van der Waals surface area (Å²) in [7, 11) is 0. The smallest absolute Gasteiger partial charge is 0.0428 e. The van der Waals surface area contributed by atoms with E-state index >= 15 is 0 Å². The molecule has 0 aliphatic heterocycles. The second-order valence-electron chi connectivity index (χ2n) is 0.724. The third kappa shape index (κ3) is 140. The van der Waals surface area contributed by atoms with Crippen LogP contribution in [-0.4, -0.2) is 18.0 Å². The molecule has 0 aliphatic carbocycles. The van der Waals surface area contributed by atoms with E-state index in [9.17, 15) is 0 Å². The first-order valence-electron chi connectivity index (χ1n) is 2.47. The Bertz CT molecular complexity index is 16.0. The van der Waals surface area contributed by atoms with Crippen LogP contribution in [0.1, 0.15) is 13.3 Å². The summed E-state index contributed by atoms with van der Waals surface area (Å²) in [4.78, 5) is 0. The Hall–Kier alpha value is 0.0500. The molecule has 0 bridgehead atoms. The van der Waals surface area contributed by atoms with E-state index in [0.29, 0.717) is 6.61 Å². The second-order valence-corrected chi connectivity index (χ2v) is 0.724. The molecular formula is C6H16OS. The summed E-state index contributed by atoms with van der Waals surface area (Å²) in [5, 5.41) is 7.88. The molecule has 2 heteroatoms. The molecule has 0 fully saturated rings. The van der Waals surface area contributed by atoms with Crippen LogP contribution >= 0.6 is 12.6 Å². The third-order valence-electron chi connectivity index (χ3n) is 0.224. The van der Waals surface area contributed by atoms with E-state index in [1.54, 1.807) is 6.26 Å². The average molecular weight is 136 g/mol. The molecule has 0 amide bonds. The van der Waals surface area contributed by atoms with Gasteiger partial charge in [0, 0.05) is 6.61 Å². The number of aliphatic hydroxyl groups excluding tert-OH is 1. The molecule has 0 spiro atoms. The normalized spacial score (nSPS) is 5.00. The van der Waals surface area contributed by atoms with Gasteiger partial charge in [0.05, 0.1) is 0 Å². The molecule has 0 saturated carbocycles. The maximum atomic E-state index is 7.88.